The van der Waals surface area contributed by atoms with E-state index in [0.29, 0.717) is 23.8 Å². The number of hydrogen-bond donors (Lipinski definition) is 1. The summed E-state index contributed by atoms with van der Waals surface area (Å²) in [5.41, 5.74) is 3.21. The minimum atomic E-state index is -3.97. The molecule has 7 nitrogen and oxygen atoms in total. The van der Waals surface area contributed by atoms with Gasteiger partial charge in [0.05, 0.1) is 17.1 Å². The molecule has 4 rings (SSSR count). The standard InChI is InChI=1S/C26H28N2O5S/c1-18-8-10-23(11-9-18)34(30,31)28(21-13-19(2)12-20(3)14-21)16-26(29)27-15-22-17-32-24-6-4-5-7-25(24)33-22/h4-14,22H,15-17H2,1-3H3,(H,27,29). The molecule has 1 unspecified atom stereocenters. The number of nitrogens with one attached hydrogen (secondary N) is 1. The lowest BCUT2D eigenvalue weighted by Crippen LogP contribution is -2.45. The zero-order valence-electron chi connectivity index (χ0n) is 19.4. The number of carbonyl (C=O) groups is 1. The number of ether oxygens (including phenoxy) is 2. The fraction of sp³-hybridized carbons (Fsp3) is 0.269. The van der Waals surface area contributed by atoms with E-state index in [1.807, 2.05) is 45.0 Å². The SMILES string of the molecule is Cc1ccc(S(=O)(=O)N(CC(=O)NCC2COc3ccccc3O2)c2cc(C)cc(C)c2)cc1. The fourth-order valence-corrected chi connectivity index (χ4v) is 5.23. The van der Waals surface area contributed by atoms with E-state index in [1.165, 1.54) is 0 Å². The van der Waals surface area contributed by atoms with Crippen LogP contribution in [0.3, 0.4) is 0 Å². The van der Waals surface area contributed by atoms with Crippen molar-refractivity contribution in [2.75, 3.05) is 24.0 Å². The van der Waals surface area contributed by atoms with Crippen molar-refractivity contribution in [1.82, 2.24) is 5.32 Å². The molecule has 1 heterocycles. The van der Waals surface area contributed by atoms with Gasteiger partial charge in [0.25, 0.3) is 10.0 Å². The van der Waals surface area contributed by atoms with E-state index in [1.54, 1.807) is 42.5 Å². The molecule has 0 spiro atoms. The third-order valence-electron chi connectivity index (χ3n) is 5.49. The van der Waals surface area contributed by atoms with Crippen LogP contribution in [0.2, 0.25) is 0 Å². The zero-order valence-corrected chi connectivity index (χ0v) is 20.3. The van der Waals surface area contributed by atoms with E-state index in [4.69, 9.17) is 9.47 Å². The summed E-state index contributed by atoms with van der Waals surface area (Å²) in [5.74, 6) is 0.847. The summed E-state index contributed by atoms with van der Waals surface area (Å²) >= 11 is 0. The number of fused-ring (bicyclic) bond motifs is 1. The van der Waals surface area contributed by atoms with Crippen LogP contribution < -0.4 is 19.1 Å². The molecule has 0 saturated carbocycles. The largest absolute Gasteiger partial charge is 0.486 e. The number of aryl methyl sites for hydroxylation is 3. The first kappa shape index (κ1) is 23.6. The van der Waals surface area contributed by atoms with Gasteiger partial charge in [-0.25, -0.2) is 8.42 Å². The van der Waals surface area contributed by atoms with Crippen LogP contribution >= 0.6 is 0 Å². The summed E-state index contributed by atoms with van der Waals surface area (Å²) in [6.45, 7) is 5.80. The summed E-state index contributed by atoms with van der Waals surface area (Å²) < 4.78 is 39.8. The van der Waals surface area contributed by atoms with Crippen molar-refractivity contribution in [2.24, 2.45) is 0 Å². The Bertz CT molecular complexity index is 1270. The molecule has 8 heteroatoms. The molecule has 34 heavy (non-hydrogen) atoms. The van der Waals surface area contributed by atoms with Crippen LogP contribution in [0.15, 0.2) is 71.6 Å². The average Bonchev–Trinajstić information content (AvgIpc) is 2.80. The van der Waals surface area contributed by atoms with Crippen LogP contribution in [0, 0.1) is 20.8 Å². The van der Waals surface area contributed by atoms with Gasteiger partial charge >= 0.3 is 0 Å². The van der Waals surface area contributed by atoms with Gasteiger partial charge in [0.15, 0.2) is 11.5 Å². The van der Waals surface area contributed by atoms with Crippen molar-refractivity contribution in [3.63, 3.8) is 0 Å². The second kappa shape index (κ2) is 9.77. The Hall–Kier alpha value is -3.52. The van der Waals surface area contributed by atoms with Crippen molar-refractivity contribution in [1.29, 1.82) is 0 Å². The Morgan fingerprint density at radius 1 is 0.941 bits per heavy atom. The van der Waals surface area contributed by atoms with Gasteiger partial charge < -0.3 is 14.8 Å². The maximum atomic E-state index is 13.5. The van der Waals surface area contributed by atoms with Crippen LogP contribution in [0.1, 0.15) is 16.7 Å². The molecule has 0 aliphatic carbocycles. The monoisotopic (exact) mass is 480 g/mol. The van der Waals surface area contributed by atoms with Crippen molar-refractivity contribution < 1.29 is 22.7 Å². The van der Waals surface area contributed by atoms with Crippen LogP contribution in [0.25, 0.3) is 0 Å². The van der Waals surface area contributed by atoms with E-state index >= 15 is 0 Å². The number of benzene rings is 3. The quantitative estimate of drug-likeness (QED) is 0.557. The average molecular weight is 481 g/mol. The maximum Gasteiger partial charge on any atom is 0.264 e. The highest BCUT2D eigenvalue weighted by Crippen LogP contribution is 2.31. The minimum absolute atomic E-state index is 0.130. The second-order valence-electron chi connectivity index (χ2n) is 8.47. The predicted octanol–water partition coefficient (Wildman–Crippen LogP) is 3.76. The number of anilines is 1. The number of nitrogens with zero attached hydrogens (tertiary/aromatic N) is 1. The first-order valence-corrected chi connectivity index (χ1v) is 12.5. The summed E-state index contributed by atoms with van der Waals surface area (Å²) in [6, 6.07) is 19.4. The Balaban J connectivity index is 1.52. The van der Waals surface area contributed by atoms with Crippen molar-refractivity contribution in [3.05, 3.63) is 83.4 Å². The molecule has 0 radical (unpaired) electrons. The lowest BCUT2D eigenvalue weighted by atomic mass is 10.1. The number of rotatable bonds is 7. The Labute approximate surface area is 200 Å². The molecule has 1 amide bonds. The number of hydrogen-bond acceptors (Lipinski definition) is 5. The summed E-state index contributed by atoms with van der Waals surface area (Å²) in [7, 11) is -3.97. The minimum Gasteiger partial charge on any atom is -0.486 e. The lowest BCUT2D eigenvalue weighted by molar-refractivity contribution is -0.120. The predicted molar refractivity (Wildman–Crippen MR) is 131 cm³/mol. The van der Waals surface area contributed by atoms with E-state index in [-0.39, 0.29) is 24.1 Å². The normalized spacial score (nSPS) is 15.0. The van der Waals surface area contributed by atoms with Crippen molar-refractivity contribution >= 4 is 21.6 Å². The maximum absolute atomic E-state index is 13.5. The molecule has 1 aliphatic rings. The van der Waals surface area contributed by atoms with Crippen molar-refractivity contribution in [3.8, 4) is 11.5 Å². The summed E-state index contributed by atoms with van der Waals surface area (Å²) in [5, 5.41) is 2.80. The van der Waals surface area contributed by atoms with Gasteiger partial charge in [-0.05, 0) is 68.3 Å². The Morgan fingerprint density at radius 3 is 2.26 bits per heavy atom. The Morgan fingerprint density at radius 2 is 1.59 bits per heavy atom. The van der Waals surface area contributed by atoms with E-state index < -0.39 is 15.9 Å². The molecule has 0 bridgehead atoms. The topological polar surface area (TPSA) is 84.9 Å². The van der Waals surface area contributed by atoms with Gasteiger partial charge in [-0.2, -0.15) is 0 Å². The number of amides is 1. The third-order valence-corrected chi connectivity index (χ3v) is 7.27. The summed E-state index contributed by atoms with van der Waals surface area (Å²) in [6.07, 6.45) is -0.373. The first-order valence-electron chi connectivity index (χ1n) is 11.1. The van der Waals surface area contributed by atoms with E-state index in [9.17, 15) is 13.2 Å². The van der Waals surface area contributed by atoms with Crippen LogP contribution in [-0.4, -0.2) is 40.1 Å². The molecular formula is C26H28N2O5S. The highest BCUT2D eigenvalue weighted by Gasteiger charge is 2.28. The van der Waals surface area contributed by atoms with Crippen LogP contribution in [0.4, 0.5) is 5.69 Å². The highest BCUT2D eigenvalue weighted by atomic mass is 32.2. The number of sulfonamides is 1. The third kappa shape index (κ3) is 5.34. The molecule has 1 aliphatic heterocycles. The lowest BCUT2D eigenvalue weighted by Gasteiger charge is -2.28. The van der Waals surface area contributed by atoms with Gasteiger partial charge in [0.2, 0.25) is 5.91 Å². The fourth-order valence-electron chi connectivity index (χ4n) is 3.82. The van der Waals surface area contributed by atoms with E-state index in [2.05, 4.69) is 5.32 Å². The van der Waals surface area contributed by atoms with Crippen molar-refractivity contribution in [2.45, 2.75) is 31.8 Å². The zero-order chi connectivity index (χ0) is 24.3. The van der Waals surface area contributed by atoms with Gasteiger partial charge in [0, 0.05) is 0 Å². The molecular weight excluding hydrogens is 452 g/mol. The molecule has 3 aromatic carbocycles. The van der Waals surface area contributed by atoms with Gasteiger partial charge in [-0.3, -0.25) is 9.10 Å². The van der Waals surface area contributed by atoms with Crippen LogP contribution in [-0.2, 0) is 14.8 Å². The first-order chi connectivity index (χ1) is 16.2. The molecule has 0 saturated heterocycles. The van der Waals surface area contributed by atoms with Gasteiger partial charge in [0.1, 0.15) is 19.3 Å². The smallest absolute Gasteiger partial charge is 0.264 e. The van der Waals surface area contributed by atoms with E-state index in [0.717, 1.165) is 21.0 Å². The highest BCUT2D eigenvalue weighted by molar-refractivity contribution is 7.92. The molecule has 3 aromatic rings. The Kier molecular flexibility index (Phi) is 6.79. The van der Waals surface area contributed by atoms with Crippen LogP contribution in [0.5, 0.6) is 11.5 Å². The number of carbonyl (C=O) groups excluding carboxylic acids is 1. The molecule has 178 valence electrons. The van der Waals surface area contributed by atoms with Gasteiger partial charge in [-0.1, -0.05) is 35.9 Å². The summed E-state index contributed by atoms with van der Waals surface area (Å²) in [4.78, 5) is 13.0. The molecule has 0 aromatic heterocycles. The second-order valence-corrected chi connectivity index (χ2v) is 10.3. The van der Waals surface area contributed by atoms with Gasteiger partial charge in [-0.15, -0.1) is 0 Å². The molecule has 0 fully saturated rings. The number of para-hydroxylation sites is 2. The molecule has 1 N–H and O–H groups in total. The molecule has 1 atom stereocenters.